The molecule has 1 heterocycles. The smallest absolute Gasteiger partial charge is 0.169 e. The van der Waals surface area contributed by atoms with E-state index in [1.165, 1.54) is 16.5 Å². The number of H-pyrrole nitrogens is 1. The van der Waals surface area contributed by atoms with E-state index in [1.54, 1.807) is 7.11 Å². The Bertz CT molecular complexity index is 1240. The number of para-hydroxylation sites is 1. The number of aromatic nitrogens is 1. The highest BCUT2D eigenvalue weighted by molar-refractivity contribution is 7.80. The van der Waals surface area contributed by atoms with Crippen molar-refractivity contribution in [3.05, 3.63) is 100 Å². The second-order valence-corrected chi connectivity index (χ2v) is 8.87. The van der Waals surface area contributed by atoms with Crippen LogP contribution < -0.4 is 10.1 Å². The highest BCUT2D eigenvalue weighted by atomic mass is 35.5. The zero-order valence-corrected chi connectivity index (χ0v) is 20.5. The van der Waals surface area contributed by atoms with Gasteiger partial charge in [-0.05, 0) is 61.0 Å². The van der Waals surface area contributed by atoms with Crippen molar-refractivity contribution >= 4 is 39.8 Å². The molecule has 170 valence electrons. The number of aromatic amines is 1. The lowest BCUT2D eigenvalue weighted by atomic mass is 10.1. The molecule has 0 saturated heterocycles. The SMILES string of the molecule is COc1ccccc1CN(CCc1c(C)[nH]c2ccc(Cl)cc12)C(=S)NCc1ccccc1. The average molecular weight is 478 g/mol. The third kappa shape index (κ3) is 5.67. The number of thiocarbonyl (C=S) groups is 1. The summed E-state index contributed by atoms with van der Waals surface area (Å²) in [7, 11) is 1.70. The molecule has 0 amide bonds. The Morgan fingerprint density at radius 1 is 1.06 bits per heavy atom. The summed E-state index contributed by atoms with van der Waals surface area (Å²) in [6.07, 6.45) is 0.842. The van der Waals surface area contributed by atoms with Crippen LogP contribution in [0.3, 0.4) is 0 Å². The third-order valence-electron chi connectivity index (χ3n) is 5.84. The van der Waals surface area contributed by atoms with Crippen molar-refractivity contribution in [3.8, 4) is 5.75 Å². The van der Waals surface area contributed by atoms with Gasteiger partial charge >= 0.3 is 0 Å². The number of halogens is 1. The second-order valence-electron chi connectivity index (χ2n) is 8.05. The topological polar surface area (TPSA) is 40.3 Å². The minimum Gasteiger partial charge on any atom is -0.496 e. The molecule has 6 heteroatoms. The lowest BCUT2D eigenvalue weighted by Crippen LogP contribution is -2.40. The molecule has 0 saturated carbocycles. The summed E-state index contributed by atoms with van der Waals surface area (Å²) in [6, 6.07) is 24.4. The van der Waals surface area contributed by atoms with E-state index in [2.05, 4.69) is 40.3 Å². The van der Waals surface area contributed by atoms with Crippen molar-refractivity contribution in [1.29, 1.82) is 0 Å². The standard InChI is InChI=1S/C27H28ClN3OS/c1-19-23(24-16-22(28)12-13-25(24)30-19)14-15-31(18-21-10-6-7-11-26(21)32-2)27(33)29-17-20-8-4-3-5-9-20/h3-13,16,30H,14-15,17-18H2,1-2H3,(H,29,33). The van der Waals surface area contributed by atoms with E-state index < -0.39 is 0 Å². The molecule has 1 aromatic heterocycles. The molecule has 2 N–H and O–H groups in total. The second kappa shape index (κ2) is 10.7. The van der Waals surface area contributed by atoms with Crippen LogP contribution in [0.1, 0.15) is 22.4 Å². The number of ether oxygens (including phenoxy) is 1. The number of hydrogen-bond acceptors (Lipinski definition) is 2. The van der Waals surface area contributed by atoms with Crippen LogP contribution in [0.5, 0.6) is 5.75 Å². The molecule has 4 aromatic rings. The molecular formula is C27H28ClN3OS. The number of methoxy groups -OCH3 is 1. The van der Waals surface area contributed by atoms with Crippen LogP contribution >= 0.6 is 23.8 Å². The molecule has 3 aromatic carbocycles. The lowest BCUT2D eigenvalue weighted by Gasteiger charge is -2.27. The number of aryl methyl sites for hydroxylation is 1. The molecule has 0 atom stereocenters. The maximum Gasteiger partial charge on any atom is 0.169 e. The Hall–Kier alpha value is -3.02. The van der Waals surface area contributed by atoms with Gasteiger partial charge in [-0.1, -0.05) is 60.1 Å². The van der Waals surface area contributed by atoms with Crippen molar-refractivity contribution in [2.24, 2.45) is 0 Å². The Labute approximate surface area is 205 Å². The fourth-order valence-electron chi connectivity index (χ4n) is 4.10. The van der Waals surface area contributed by atoms with Gasteiger partial charge in [0.25, 0.3) is 0 Å². The van der Waals surface area contributed by atoms with Crippen molar-refractivity contribution in [3.63, 3.8) is 0 Å². The zero-order chi connectivity index (χ0) is 23.2. The maximum absolute atomic E-state index is 6.28. The first-order valence-electron chi connectivity index (χ1n) is 11.0. The summed E-state index contributed by atoms with van der Waals surface area (Å²) >= 11 is 12.1. The first-order valence-corrected chi connectivity index (χ1v) is 11.8. The largest absolute Gasteiger partial charge is 0.496 e. The van der Waals surface area contributed by atoms with E-state index in [0.29, 0.717) is 13.1 Å². The van der Waals surface area contributed by atoms with Crippen molar-refractivity contribution < 1.29 is 4.74 Å². The number of nitrogens with zero attached hydrogens (tertiary/aromatic N) is 1. The highest BCUT2D eigenvalue weighted by Gasteiger charge is 2.16. The summed E-state index contributed by atoms with van der Waals surface area (Å²) in [5, 5.41) is 6.07. The summed E-state index contributed by atoms with van der Waals surface area (Å²) in [4.78, 5) is 5.68. The monoisotopic (exact) mass is 477 g/mol. The summed E-state index contributed by atoms with van der Waals surface area (Å²) in [6.45, 7) is 4.22. The number of benzene rings is 3. The first-order chi connectivity index (χ1) is 16.0. The molecule has 0 aliphatic heterocycles. The molecule has 0 radical (unpaired) electrons. The molecule has 4 nitrogen and oxygen atoms in total. The molecule has 0 spiro atoms. The Balaban J connectivity index is 1.55. The van der Waals surface area contributed by atoms with Gasteiger partial charge in [0.1, 0.15) is 5.75 Å². The molecule has 0 fully saturated rings. The fourth-order valence-corrected chi connectivity index (χ4v) is 4.50. The van der Waals surface area contributed by atoms with E-state index in [0.717, 1.165) is 45.6 Å². The molecule has 0 unspecified atom stereocenters. The van der Waals surface area contributed by atoms with E-state index >= 15 is 0 Å². The van der Waals surface area contributed by atoms with Gasteiger partial charge in [-0.3, -0.25) is 0 Å². The first kappa shape index (κ1) is 23.1. The fraction of sp³-hybridized carbons (Fsp3) is 0.222. The van der Waals surface area contributed by atoms with Gasteiger partial charge in [0.2, 0.25) is 0 Å². The minimum atomic E-state index is 0.660. The van der Waals surface area contributed by atoms with E-state index in [1.807, 2.05) is 54.6 Å². The normalized spacial score (nSPS) is 10.9. The van der Waals surface area contributed by atoms with Gasteiger partial charge in [-0.25, -0.2) is 0 Å². The van der Waals surface area contributed by atoms with Crippen LogP contribution in [0.4, 0.5) is 0 Å². The van der Waals surface area contributed by atoms with Gasteiger partial charge in [0, 0.05) is 46.8 Å². The number of fused-ring (bicyclic) bond motifs is 1. The van der Waals surface area contributed by atoms with Gasteiger partial charge in [0.05, 0.1) is 7.11 Å². The molecule has 4 rings (SSSR count). The minimum absolute atomic E-state index is 0.660. The van der Waals surface area contributed by atoms with Gasteiger partial charge in [0.15, 0.2) is 5.11 Å². The third-order valence-corrected chi connectivity index (χ3v) is 6.48. The predicted octanol–water partition coefficient (Wildman–Crippen LogP) is 6.26. The van der Waals surface area contributed by atoms with Gasteiger partial charge < -0.3 is 19.9 Å². The summed E-state index contributed by atoms with van der Waals surface area (Å²) in [5.41, 5.74) is 5.82. The van der Waals surface area contributed by atoms with Crippen LogP contribution in [0.25, 0.3) is 10.9 Å². The molecular weight excluding hydrogens is 450 g/mol. The number of nitrogens with one attached hydrogen (secondary N) is 2. The summed E-state index contributed by atoms with van der Waals surface area (Å²) in [5.74, 6) is 0.864. The Morgan fingerprint density at radius 2 is 1.82 bits per heavy atom. The lowest BCUT2D eigenvalue weighted by molar-refractivity contribution is 0.377. The Kier molecular flexibility index (Phi) is 7.53. The van der Waals surface area contributed by atoms with E-state index in [4.69, 9.17) is 28.6 Å². The van der Waals surface area contributed by atoms with Crippen molar-refractivity contribution in [2.75, 3.05) is 13.7 Å². The number of hydrogen-bond donors (Lipinski definition) is 2. The molecule has 0 aliphatic rings. The van der Waals surface area contributed by atoms with Gasteiger partial charge in [-0.2, -0.15) is 0 Å². The van der Waals surface area contributed by atoms with Crippen LogP contribution in [-0.2, 0) is 19.5 Å². The molecule has 0 bridgehead atoms. The van der Waals surface area contributed by atoms with Crippen molar-refractivity contribution in [1.82, 2.24) is 15.2 Å². The van der Waals surface area contributed by atoms with Crippen LogP contribution in [0.2, 0.25) is 5.02 Å². The average Bonchev–Trinajstić information content (AvgIpc) is 3.15. The van der Waals surface area contributed by atoms with E-state index in [-0.39, 0.29) is 0 Å². The van der Waals surface area contributed by atoms with Crippen LogP contribution in [0, 0.1) is 6.92 Å². The predicted molar refractivity (Wildman–Crippen MR) is 141 cm³/mol. The summed E-state index contributed by atoms with van der Waals surface area (Å²) < 4.78 is 5.59. The maximum atomic E-state index is 6.28. The zero-order valence-electron chi connectivity index (χ0n) is 18.9. The van der Waals surface area contributed by atoms with Crippen LogP contribution in [0.15, 0.2) is 72.8 Å². The van der Waals surface area contributed by atoms with E-state index in [9.17, 15) is 0 Å². The highest BCUT2D eigenvalue weighted by Crippen LogP contribution is 2.26. The van der Waals surface area contributed by atoms with Gasteiger partial charge in [-0.15, -0.1) is 0 Å². The van der Waals surface area contributed by atoms with Crippen molar-refractivity contribution in [2.45, 2.75) is 26.4 Å². The number of rotatable bonds is 8. The molecule has 0 aliphatic carbocycles. The van der Waals surface area contributed by atoms with Crippen LogP contribution in [-0.4, -0.2) is 28.7 Å². The quantitative estimate of drug-likeness (QED) is 0.294. The molecule has 33 heavy (non-hydrogen) atoms. The Morgan fingerprint density at radius 3 is 2.61 bits per heavy atom.